The Hall–Kier alpha value is -0.0200. The average molecular weight is 187 g/mol. The van der Waals surface area contributed by atoms with Gasteiger partial charge < -0.3 is 4.57 Å². The number of aromatic nitrogens is 1. The van der Waals surface area contributed by atoms with Gasteiger partial charge in [-0.25, -0.2) is 0 Å². The van der Waals surface area contributed by atoms with Crippen LogP contribution in [0.25, 0.3) is 0 Å². The molecule has 0 N–H and O–H groups in total. The third-order valence-corrected chi connectivity index (χ3v) is 3.84. The van der Waals surface area contributed by atoms with Crippen LogP contribution in [-0.2, 0) is 12.8 Å². The van der Waals surface area contributed by atoms with Gasteiger partial charge in [0, 0.05) is 30.4 Å². The first kappa shape index (κ1) is 9.07. The van der Waals surface area contributed by atoms with Crippen LogP contribution in [0, 0.1) is 0 Å². The van der Waals surface area contributed by atoms with Gasteiger partial charge >= 0.3 is 0 Å². The van der Waals surface area contributed by atoms with E-state index in [1.165, 1.54) is 11.4 Å². The van der Waals surface area contributed by atoms with Crippen LogP contribution in [0.2, 0.25) is 0 Å². The molecule has 0 amide bonds. The molecule has 0 spiro atoms. The average Bonchev–Trinajstić information content (AvgIpc) is 2.37. The Morgan fingerprint density at radius 3 is 2.82 bits per heavy atom. The van der Waals surface area contributed by atoms with Gasteiger partial charge in [0.15, 0.2) is 0 Å². The van der Waals surface area contributed by atoms with E-state index >= 15 is 0 Å². The van der Waals surface area contributed by atoms with E-state index < -0.39 is 0 Å². The monoisotopic (exact) mass is 187 g/mol. The van der Waals surface area contributed by atoms with Gasteiger partial charge in [-0.15, -0.1) is 0 Å². The highest BCUT2D eigenvalue weighted by molar-refractivity contribution is 8.76. The molecule has 0 fully saturated rings. The van der Waals surface area contributed by atoms with E-state index in [1.54, 1.807) is 0 Å². The second-order valence-electron chi connectivity index (χ2n) is 2.28. The third-order valence-electron chi connectivity index (χ3n) is 1.46. The molecule has 1 aromatic rings. The molecular weight excluding hydrogens is 174 g/mol. The molecule has 1 aromatic heterocycles. The van der Waals surface area contributed by atoms with Crippen molar-refractivity contribution in [3.8, 4) is 0 Å². The van der Waals surface area contributed by atoms with Crippen molar-refractivity contribution in [2.24, 2.45) is 7.05 Å². The Labute approximate surface area is 76.0 Å². The quantitative estimate of drug-likeness (QED) is 0.527. The van der Waals surface area contributed by atoms with E-state index in [1.807, 2.05) is 21.6 Å². The highest BCUT2D eigenvalue weighted by Crippen LogP contribution is 2.24. The summed E-state index contributed by atoms with van der Waals surface area (Å²) >= 11 is 0. The summed E-state index contributed by atoms with van der Waals surface area (Å²) in [7, 11) is 5.93. The highest BCUT2D eigenvalue weighted by Gasteiger charge is 1.95. The van der Waals surface area contributed by atoms with Crippen molar-refractivity contribution in [3.05, 3.63) is 24.0 Å². The van der Waals surface area contributed by atoms with E-state index in [0.717, 1.165) is 5.75 Å². The van der Waals surface area contributed by atoms with E-state index in [0.29, 0.717) is 0 Å². The standard InChI is InChI=1S/C8H13NS2/c1-3-10-11-7-8-5-4-6-9(8)2/h4-6H,3,7H2,1-2H3. The van der Waals surface area contributed by atoms with Crippen molar-refractivity contribution >= 4 is 21.6 Å². The van der Waals surface area contributed by atoms with Crippen molar-refractivity contribution < 1.29 is 0 Å². The maximum absolute atomic E-state index is 2.18. The van der Waals surface area contributed by atoms with Crippen molar-refractivity contribution in [2.45, 2.75) is 12.7 Å². The summed E-state index contributed by atoms with van der Waals surface area (Å²) in [6, 6.07) is 4.26. The van der Waals surface area contributed by atoms with E-state index in [2.05, 4.69) is 36.9 Å². The van der Waals surface area contributed by atoms with Gasteiger partial charge in [0.2, 0.25) is 0 Å². The smallest absolute Gasteiger partial charge is 0.0442 e. The molecule has 0 unspecified atom stereocenters. The molecule has 0 aliphatic rings. The van der Waals surface area contributed by atoms with Crippen molar-refractivity contribution in [2.75, 3.05) is 5.75 Å². The second-order valence-corrected chi connectivity index (χ2v) is 5.03. The van der Waals surface area contributed by atoms with Gasteiger partial charge in [0.05, 0.1) is 0 Å². The maximum atomic E-state index is 2.18. The molecular formula is C8H13NS2. The van der Waals surface area contributed by atoms with E-state index in [-0.39, 0.29) is 0 Å². The number of rotatable bonds is 4. The Kier molecular flexibility index (Phi) is 3.94. The lowest BCUT2D eigenvalue weighted by molar-refractivity contribution is 0.876. The SMILES string of the molecule is CCSSCc1cccn1C. The third kappa shape index (κ3) is 2.83. The number of aryl methyl sites for hydroxylation is 1. The maximum Gasteiger partial charge on any atom is 0.0442 e. The van der Waals surface area contributed by atoms with Gasteiger partial charge in [0.25, 0.3) is 0 Å². The molecule has 3 heteroatoms. The lowest BCUT2D eigenvalue weighted by Gasteiger charge is -2.00. The summed E-state index contributed by atoms with van der Waals surface area (Å²) < 4.78 is 2.17. The van der Waals surface area contributed by atoms with E-state index in [4.69, 9.17) is 0 Å². The molecule has 0 aliphatic heterocycles. The highest BCUT2D eigenvalue weighted by atomic mass is 33.1. The van der Waals surface area contributed by atoms with Gasteiger partial charge in [-0.3, -0.25) is 0 Å². The molecule has 0 bridgehead atoms. The second kappa shape index (κ2) is 4.78. The molecule has 11 heavy (non-hydrogen) atoms. The van der Waals surface area contributed by atoms with Gasteiger partial charge in [-0.1, -0.05) is 28.5 Å². The van der Waals surface area contributed by atoms with Gasteiger partial charge in [-0.05, 0) is 12.1 Å². The summed E-state index contributed by atoms with van der Waals surface area (Å²) in [6.45, 7) is 2.18. The molecule has 0 saturated carbocycles. The Morgan fingerprint density at radius 1 is 1.45 bits per heavy atom. The number of nitrogens with zero attached hydrogens (tertiary/aromatic N) is 1. The minimum absolute atomic E-state index is 1.11. The van der Waals surface area contributed by atoms with Crippen LogP contribution in [0.5, 0.6) is 0 Å². The summed E-state index contributed by atoms with van der Waals surface area (Å²) in [5.74, 6) is 2.30. The first-order valence-electron chi connectivity index (χ1n) is 3.69. The number of hydrogen-bond donors (Lipinski definition) is 0. The van der Waals surface area contributed by atoms with Crippen LogP contribution in [-0.4, -0.2) is 10.3 Å². The van der Waals surface area contributed by atoms with Crippen LogP contribution >= 0.6 is 21.6 Å². The molecule has 1 heterocycles. The zero-order valence-corrected chi connectivity index (χ0v) is 8.54. The summed E-state index contributed by atoms with van der Waals surface area (Å²) in [4.78, 5) is 0. The predicted molar refractivity (Wildman–Crippen MR) is 54.8 cm³/mol. The molecule has 1 rings (SSSR count). The summed E-state index contributed by atoms with van der Waals surface area (Å²) in [5.41, 5.74) is 1.40. The molecule has 0 aromatic carbocycles. The fourth-order valence-electron chi connectivity index (χ4n) is 0.832. The normalized spacial score (nSPS) is 10.4. The van der Waals surface area contributed by atoms with Crippen LogP contribution in [0.4, 0.5) is 0 Å². The van der Waals surface area contributed by atoms with Crippen molar-refractivity contribution in [1.82, 2.24) is 4.57 Å². The molecule has 0 atom stereocenters. The zero-order valence-electron chi connectivity index (χ0n) is 6.91. The van der Waals surface area contributed by atoms with Crippen molar-refractivity contribution in [3.63, 3.8) is 0 Å². The summed E-state index contributed by atoms with van der Waals surface area (Å²) in [6.07, 6.45) is 2.09. The first-order chi connectivity index (χ1) is 5.34. The van der Waals surface area contributed by atoms with Crippen LogP contribution < -0.4 is 0 Å². The number of hydrogen-bond acceptors (Lipinski definition) is 2. The molecule has 0 aliphatic carbocycles. The fraction of sp³-hybridized carbons (Fsp3) is 0.500. The largest absolute Gasteiger partial charge is 0.354 e. The predicted octanol–water partition coefficient (Wildman–Crippen LogP) is 2.93. The van der Waals surface area contributed by atoms with Crippen LogP contribution in [0.1, 0.15) is 12.6 Å². The first-order valence-corrected chi connectivity index (χ1v) is 6.18. The topological polar surface area (TPSA) is 4.93 Å². The van der Waals surface area contributed by atoms with Crippen LogP contribution in [0.15, 0.2) is 18.3 Å². The van der Waals surface area contributed by atoms with Crippen molar-refractivity contribution in [1.29, 1.82) is 0 Å². The lowest BCUT2D eigenvalue weighted by atomic mass is 10.5. The molecule has 0 radical (unpaired) electrons. The molecule has 62 valence electrons. The van der Waals surface area contributed by atoms with Crippen LogP contribution in [0.3, 0.4) is 0 Å². The Bertz CT molecular complexity index is 208. The molecule has 0 saturated heterocycles. The van der Waals surface area contributed by atoms with Gasteiger partial charge in [-0.2, -0.15) is 0 Å². The lowest BCUT2D eigenvalue weighted by Crippen LogP contribution is -1.90. The van der Waals surface area contributed by atoms with Gasteiger partial charge in [0.1, 0.15) is 0 Å². The zero-order chi connectivity index (χ0) is 8.10. The van der Waals surface area contributed by atoms with E-state index in [9.17, 15) is 0 Å². The molecule has 1 nitrogen and oxygen atoms in total. The fourth-order valence-corrected chi connectivity index (χ4v) is 2.61. The minimum Gasteiger partial charge on any atom is -0.354 e. The Balaban J connectivity index is 2.32. The Morgan fingerprint density at radius 2 is 2.27 bits per heavy atom. The summed E-state index contributed by atoms with van der Waals surface area (Å²) in [5, 5.41) is 0. The minimum atomic E-state index is 1.11.